The molecule has 118 valence electrons. The smallest absolute Gasteiger partial charge is 0.234 e. The van der Waals surface area contributed by atoms with Crippen LogP contribution in [0.4, 0.5) is 0 Å². The predicted molar refractivity (Wildman–Crippen MR) is 86.5 cm³/mol. The summed E-state index contributed by atoms with van der Waals surface area (Å²) in [5.41, 5.74) is 0.947. The molecule has 0 saturated heterocycles. The first kappa shape index (κ1) is 17.5. The number of rotatable bonds is 7. The Morgan fingerprint density at radius 1 is 1.24 bits per heavy atom. The SMILES string of the molecule is CCCOc1ccc(C(C)NCC(=O)NC(C)(C)C)cc1. The third-order valence-corrected chi connectivity index (χ3v) is 2.94. The van der Waals surface area contributed by atoms with Crippen LogP contribution in [0.5, 0.6) is 5.75 Å². The molecule has 1 aromatic carbocycles. The third kappa shape index (κ3) is 7.14. The summed E-state index contributed by atoms with van der Waals surface area (Å²) < 4.78 is 5.56. The number of hydrogen-bond donors (Lipinski definition) is 2. The fourth-order valence-electron chi connectivity index (χ4n) is 1.90. The molecule has 21 heavy (non-hydrogen) atoms. The van der Waals surface area contributed by atoms with E-state index in [1.165, 1.54) is 0 Å². The molecule has 0 saturated carbocycles. The molecule has 0 radical (unpaired) electrons. The minimum absolute atomic E-state index is 0.0113. The zero-order chi connectivity index (χ0) is 15.9. The van der Waals surface area contributed by atoms with E-state index in [1.807, 2.05) is 52.0 Å². The molecule has 2 N–H and O–H groups in total. The topological polar surface area (TPSA) is 50.4 Å². The quantitative estimate of drug-likeness (QED) is 0.812. The van der Waals surface area contributed by atoms with Gasteiger partial charge in [0.15, 0.2) is 0 Å². The highest BCUT2D eigenvalue weighted by Gasteiger charge is 2.14. The molecule has 0 aliphatic heterocycles. The molecular weight excluding hydrogens is 264 g/mol. The molecule has 4 heteroatoms. The molecule has 1 amide bonds. The van der Waals surface area contributed by atoms with E-state index in [4.69, 9.17) is 4.74 Å². The maximum Gasteiger partial charge on any atom is 0.234 e. The van der Waals surface area contributed by atoms with Gasteiger partial charge in [-0.15, -0.1) is 0 Å². The average molecular weight is 292 g/mol. The maximum atomic E-state index is 11.8. The van der Waals surface area contributed by atoms with Crippen molar-refractivity contribution in [2.24, 2.45) is 0 Å². The second-order valence-electron chi connectivity index (χ2n) is 6.32. The van der Waals surface area contributed by atoms with Crippen molar-refractivity contribution in [1.29, 1.82) is 0 Å². The molecule has 0 heterocycles. The highest BCUT2D eigenvalue weighted by molar-refractivity contribution is 5.78. The van der Waals surface area contributed by atoms with E-state index in [2.05, 4.69) is 17.6 Å². The van der Waals surface area contributed by atoms with Gasteiger partial charge in [-0.1, -0.05) is 19.1 Å². The van der Waals surface area contributed by atoms with E-state index in [9.17, 15) is 4.79 Å². The summed E-state index contributed by atoms with van der Waals surface area (Å²) in [6.45, 7) is 11.1. The van der Waals surface area contributed by atoms with Crippen LogP contribution >= 0.6 is 0 Å². The van der Waals surface area contributed by atoms with Crippen molar-refractivity contribution >= 4 is 5.91 Å². The van der Waals surface area contributed by atoms with Gasteiger partial charge in [0.2, 0.25) is 5.91 Å². The highest BCUT2D eigenvalue weighted by Crippen LogP contribution is 2.17. The van der Waals surface area contributed by atoms with Crippen LogP contribution in [0.25, 0.3) is 0 Å². The van der Waals surface area contributed by atoms with Crippen LogP contribution in [-0.2, 0) is 4.79 Å². The first-order valence-electron chi connectivity index (χ1n) is 7.59. The molecular formula is C17H28N2O2. The van der Waals surface area contributed by atoms with Crippen LogP contribution in [0.1, 0.15) is 52.6 Å². The first-order valence-corrected chi connectivity index (χ1v) is 7.59. The molecule has 0 aliphatic rings. The van der Waals surface area contributed by atoms with Gasteiger partial charge in [0.05, 0.1) is 13.2 Å². The van der Waals surface area contributed by atoms with Crippen molar-refractivity contribution < 1.29 is 9.53 Å². The molecule has 0 fully saturated rings. The molecule has 0 spiro atoms. The fraction of sp³-hybridized carbons (Fsp3) is 0.588. The highest BCUT2D eigenvalue weighted by atomic mass is 16.5. The van der Waals surface area contributed by atoms with Gasteiger partial charge < -0.3 is 15.4 Å². The number of ether oxygens (including phenoxy) is 1. The Kier molecular flexibility index (Phi) is 6.69. The second kappa shape index (κ2) is 8.03. The van der Waals surface area contributed by atoms with E-state index in [0.29, 0.717) is 6.54 Å². The molecule has 1 aromatic rings. The number of nitrogens with one attached hydrogen (secondary N) is 2. The number of amides is 1. The van der Waals surface area contributed by atoms with Crippen molar-refractivity contribution in [2.75, 3.05) is 13.2 Å². The molecule has 1 rings (SSSR count). The van der Waals surface area contributed by atoms with Crippen LogP contribution < -0.4 is 15.4 Å². The van der Waals surface area contributed by atoms with E-state index < -0.39 is 0 Å². The van der Waals surface area contributed by atoms with Crippen molar-refractivity contribution in [3.63, 3.8) is 0 Å². The zero-order valence-electron chi connectivity index (χ0n) is 13.8. The summed E-state index contributed by atoms with van der Waals surface area (Å²) in [6.07, 6.45) is 1.00. The summed E-state index contributed by atoms with van der Waals surface area (Å²) >= 11 is 0. The van der Waals surface area contributed by atoms with E-state index in [1.54, 1.807) is 0 Å². The van der Waals surface area contributed by atoms with Gasteiger partial charge in [-0.05, 0) is 51.8 Å². The summed E-state index contributed by atoms with van der Waals surface area (Å²) in [7, 11) is 0. The predicted octanol–water partition coefficient (Wildman–Crippen LogP) is 3.04. The van der Waals surface area contributed by atoms with Gasteiger partial charge in [0.1, 0.15) is 5.75 Å². The number of benzene rings is 1. The van der Waals surface area contributed by atoms with E-state index in [-0.39, 0.29) is 17.5 Å². The van der Waals surface area contributed by atoms with Crippen LogP contribution in [0.2, 0.25) is 0 Å². The minimum atomic E-state index is -0.194. The average Bonchev–Trinajstić information content (AvgIpc) is 2.41. The van der Waals surface area contributed by atoms with Crippen LogP contribution in [0, 0.1) is 0 Å². The van der Waals surface area contributed by atoms with Crippen molar-refractivity contribution in [3.8, 4) is 5.75 Å². The van der Waals surface area contributed by atoms with Crippen molar-refractivity contribution in [1.82, 2.24) is 10.6 Å². The first-order chi connectivity index (χ1) is 9.81. The summed E-state index contributed by atoms with van der Waals surface area (Å²) in [5, 5.41) is 6.17. The van der Waals surface area contributed by atoms with Gasteiger partial charge in [-0.3, -0.25) is 4.79 Å². The van der Waals surface area contributed by atoms with E-state index >= 15 is 0 Å². The Labute approximate surface area is 128 Å². The molecule has 4 nitrogen and oxygen atoms in total. The lowest BCUT2D eigenvalue weighted by molar-refractivity contribution is -0.121. The van der Waals surface area contributed by atoms with Crippen molar-refractivity contribution in [2.45, 2.75) is 52.6 Å². The van der Waals surface area contributed by atoms with Crippen LogP contribution in [0.3, 0.4) is 0 Å². The molecule has 0 aromatic heterocycles. The molecule has 1 atom stereocenters. The normalized spacial score (nSPS) is 12.8. The zero-order valence-corrected chi connectivity index (χ0v) is 13.8. The number of carbonyl (C=O) groups excluding carboxylic acids is 1. The van der Waals surface area contributed by atoms with Crippen molar-refractivity contribution in [3.05, 3.63) is 29.8 Å². The second-order valence-corrected chi connectivity index (χ2v) is 6.32. The summed E-state index contributed by atoms with van der Waals surface area (Å²) in [5.74, 6) is 0.899. The Bertz CT molecular complexity index is 435. The molecule has 0 aliphatic carbocycles. The Hall–Kier alpha value is -1.55. The third-order valence-electron chi connectivity index (χ3n) is 2.94. The van der Waals surface area contributed by atoms with E-state index in [0.717, 1.165) is 24.3 Å². The summed E-state index contributed by atoms with van der Waals surface area (Å²) in [4.78, 5) is 11.8. The lowest BCUT2D eigenvalue weighted by Crippen LogP contribution is -2.45. The van der Waals surface area contributed by atoms with Gasteiger partial charge in [-0.2, -0.15) is 0 Å². The largest absolute Gasteiger partial charge is 0.494 e. The molecule has 0 bridgehead atoms. The monoisotopic (exact) mass is 292 g/mol. The number of hydrogen-bond acceptors (Lipinski definition) is 3. The van der Waals surface area contributed by atoms with Gasteiger partial charge >= 0.3 is 0 Å². The van der Waals surface area contributed by atoms with Crippen LogP contribution in [-0.4, -0.2) is 24.6 Å². The Morgan fingerprint density at radius 3 is 2.38 bits per heavy atom. The fourth-order valence-corrected chi connectivity index (χ4v) is 1.90. The number of carbonyl (C=O) groups is 1. The lowest BCUT2D eigenvalue weighted by atomic mass is 10.1. The van der Waals surface area contributed by atoms with Gasteiger partial charge in [0, 0.05) is 11.6 Å². The Morgan fingerprint density at radius 2 is 1.86 bits per heavy atom. The van der Waals surface area contributed by atoms with Crippen LogP contribution in [0.15, 0.2) is 24.3 Å². The molecule has 1 unspecified atom stereocenters. The standard InChI is InChI=1S/C17H28N2O2/c1-6-11-21-15-9-7-14(8-10-15)13(2)18-12-16(20)19-17(3,4)5/h7-10,13,18H,6,11-12H2,1-5H3,(H,19,20). The lowest BCUT2D eigenvalue weighted by Gasteiger charge is -2.22. The summed E-state index contributed by atoms with van der Waals surface area (Å²) in [6, 6.07) is 8.13. The van der Waals surface area contributed by atoms with Gasteiger partial charge in [-0.25, -0.2) is 0 Å². The minimum Gasteiger partial charge on any atom is -0.494 e. The maximum absolute atomic E-state index is 11.8. The van der Waals surface area contributed by atoms with Gasteiger partial charge in [0.25, 0.3) is 0 Å². The Balaban J connectivity index is 2.44.